The highest BCUT2D eigenvalue weighted by Gasteiger charge is 2.10. The molecule has 0 aliphatic carbocycles. The fraction of sp³-hybridized carbons (Fsp3) is 0. The molecule has 1 heterocycles. The maximum absolute atomic E-state index is 13.4. The average molecular weight is 268 g/mol. The van der Waals surface area contributed by atoms with Gasteiger partial charge in [-0.25, -0.2) is 14.4 Å². The summed E-state index contributed by atoms with van der Waals surface area (Å²) in [6, 6.07) is 5.82. The molecular weight excluding hydrogens is 264 g/mol. The minimum absolute atomic E-state index is 0.0224. The van der Waals surface area contributed by atoms with Gasteiger partial charge in [-0.3, -0.25) is 0 Å². The Morgan fingerprint density at radius 2 is 2.06 bits per heavy atom. The molecular formula is C11H4Cl2FN3. The summed E-state index contributed by atoms with van der Waals surface area (Å²) in [5, 5.41) is 8.90. The van der Waals surface area contributed by atoms with Crippen molar-refractivity contribution in [3.05, 3.63) is 46.1 Å². The van der Waals surface area contributed by atoms with Crippen LogP contribution in [0.15, 0.2) is 24.4 Å². The van der Waals surface area contributed by atoms with Crippen molar-refractivity contribution in [2.45, 2.75) is 0 Å². The Labute approximate surface area is 106 Å². The topological polar surface area (TPSA) is 49.6 Å². The number of nitriles is 1. The molecule has 0 saturated heterocycles. The summed E-state index contributed by atoms with van der Waals surface area (Å²) in [5.41, 5.74) is 0.732. The minimum atomic E-state index is -0.629. The van der Waals surface area contributed by atoms with Crippen LogP contribution in [0.5, 0.6) is 0 Å². The number of rotatable bonds is 1. The van der Waals surface area contributed by atoms with E-state index in [2.05, 4.69) is 9.97 Å². The van der Waals surface area contributed by atoms with Crippen LogP contribution in [0.3, 0.4) is 0 Å². The molecule has 0 bridgehead atoms. The molecule has 0 saturated carbocycles. The number of hydrogen-bond acceptors (Lipinski definition) is 3. The number of aromatic nitrogens is 2. The Kier molecular flexibility index (Phi) is 3.23. The lowest BCUT2D eigenvalue weighted by molar-refractivity contribution is 0.624. The lowest BCUT2D eigenvalue weighted by atomic mass is 10.1. The van der Waals surface area contributed by atoms with Crippen LogP contribution in [0, 0.1) is 17.1 Å². The van der Waals surface area contributed by atoms with Gasteiger partial charge in [0, 0.05) is 5.56 Å². The van der Waals surface area contributed by atoms with Crippen LogP contribution in [-0.2, 0) is 0 Å². The molecule has 6 heteroatoms. The summed E-state index contributed by atoms with van der Waals surface area (Å²) in [6.07, 6.45) is 1.34. The van der Waals surface area contributed by atoms with Crippen molar-refractivity contribution in [3.63, 3.8) is 0 Å². The van der Waals surface area contributed by atoms with Crippen LogP contribution in [0.25, 0.3) is 11.3 Å². The van der Waals surface area contributed by atoms with E-state index in [-0.39, 0.29) is 15.9 Å². The van der Waals surface area contributed by atoms with Crippen LogP contribution >= 0.6 is 23.2 Å². The summed E-state index contributed by atoms with van der Waals surface area (Å²) in [6.45, 7) is 0. The highest BCUT2D eigenvalue weighted by Crippen LogP contribution is 2.27. The number of hydrogen-bond donors (Lipinski definition) is 0. The van der Waals surface area contributed by atoms with Crippen molar-refractivity contribution in [1.82, 2.24) is 9.97 Å². The first kappa shape index (κ1) is 11.8. The molecule has 0 unspecified atom stereocenters. The highest BCUT2D eigenvalue weighted by molar-refractivity contribution is 6.33. The average Bonchev–Trinajstić information content (AvgIpc) is 2.32. The van der Waals surface area contributed by atoms with Gasteiger partial charge in [-0.2, -0.15) is 5.26 Å². The summed E-state index contributed by atoms with van der Waals surface area (Å²) in [4.78, 5) is 7.61. The molecule has 1 aromatic heterocycles. The van der Waals surface area contributed by atoms with Gasteiger partial charge in [0.2, 0.25) is 5.28 Å². The van der Waals surface area contributed by atoms with Crippen molar-refractivity contribution in [2.24, 2.45) is 0 Å². The quantitative estimate of drug-likeness (QED) is 0.744. The van der Waals surface area contributed by atoms with Gasteiger partial charge in [0.25, 0.3) is 0 Å². The van der Waals surface area contributed by atoms with Gasteiger partial charge in [-0.05, 0) is 23.7 Å². The third-order valence-electron chi connectivity index (χ3n) is 2.08. The zero-order valence-electron chi connectivity index (χ0n) is 8.28. The van der Waals surface area contributed by atoms with E-state index in [0.717, 1.165) is 0 Å². The maximum atomic E-state index is 13.4. The van der Waals surface area contributed by atoms with Gasteiger partial charge < -0.3 is 0 Å². The second kappa shape index (κ2) is 4.66. The van der Waals surface area contributed by atoms with Crippen LogP contribution in [0.4, 0.5) is 4.39 Å². The van der Waals surface area contributed by atoms with Crippen molar-refractivity contribution in [1.29, 1.82) is 5.26 Å². The van der Waals surface area contributed by atoms with Crippen molar-refractivity contribution in [3.8, 4) is 17.3 Å². The van der Waals surface area contributed by atoms with Gasteiger partial charge in [-0.1, -0.05) is 17.7 Å². The fourth-order valence-electron chi connectivity index (χ4n) is 1.30. The molecule has 2 rings (SSSR count). The van der Waals surface area contributed by atoms with Crippen molar-refractivity contribution >= 4 is 23.2 Å². The molecule has 1 aromatic carbocycles. The van der Waals surface area contributed by atoms with Gasteiger partial charge in [0.1, 0.15) is 11.9 Å². The first-order valence-corrected chi connectivity index (χ1v) is 5.25. The van der Waals surface area contributed by atoms with E-state index in [4.69, 9.17) is 28.5 Å². The number of nitrogens with zero attached hydrogens (tertiary/aromatic N) is 3. The van der Waals surface area contributed by atoms with Crippen LogP contribution < -0.4 is 0 Å². The van der Waals surface area contributed by atoms with Crippen LogP contribution in [-0.4, -0.2) is 9.97 Å². The van der Waals surface area contributed by atoms with Crippen molar-refractivity contribution in [2.75, 3.05) is 0 Å². The molecule has 0 amide bonds. The largest absolute Gasteiger partial charge is 0.225 e. The standard InChI is InChI=1S/C11H4Cl2FN3/c12-8-5-16-11(13)17-10(8)6-1-2-7(4-15)9(14)3-6/h1-3,5H. The Morgan fingerprint density at radius 1 is 1.29 bits per heavy atom. The Balaban J connectivity index is 2.58. The van der Waals surface area contributed by atoms with Crippen LogP contribution in [0.2, 0.25) is 10.3 Å². The van der Waals surface area contributed by atoms with Gasteiger partial charge in [0.05, 0.1) is 22.5 Å². The van der Waals surface area contributed by atoms with Crippen molar-refractivity contribution < 1.29 is 4.39 Å². The molecule has 0 aliphatic rings. The first-order chi connectivity index (χ1) is 8.11. The third-order valence-corrected chi connectivity index (χ3v) is 2.54. The Morgan fingerprint density at radius 3 is 2.71 bits per heavy atom. The van der Waals surface area contributed by atoms with E-state index < -0.39 is 5.82 Å². The van der Waals surface area contributed by atoms with E-state index in [0.29, 0.717) is 11.3 Å². The second-order valence-corrected chi connectivity index (χ2v) is 3.89. The number of benzene rings is 1. The fourth-order valence-corrected chi connectivity index (χ4v) is 1.63. The van der Waals surface area contributed by atoms with Gasteiger partial charge >= 0.3 is 0 Å². The molecule has 3 nitrogen and oxygen atoms in total. The predicted molar refractivity (Wildman–Crippen MR) is 62.2 cm³/mol. The van der Waals surface area contributed by atoms with E-state index in [1.54, 1.807) is 12.1 Å². The third kappa shape index (κ3) is 2.36. The molecule has 84 valence electrons. The predicted octanol–water partition coefficient (Wildman–Crippen LogP) is 3.46. The monoisotopic (exact) mass is 267 g/mol. The second-order valence-electron chi connectivity index (χ2n) is 3.14. The van der Waals surface area contributed by atoms with Gasteiger partial charge in [-0.15, -0.1) is 0 Å². The molecule has 17 heavy (non-hydrogen) atoms. The molecule has 2 aromatic rings. The summed E-state index contributed by atoms with van der Waals surface area (Å²) >= 11 is 11.5. The van der Waals surface area contributed by atoms with E-state index in [1.165, 1.54) is 18.3 Å². The summed E-state index contributed by atoms with van der Waals surface area (Å²) < 4.78 is 13.4. The molecule has 0 N–H and O–H groups in total. The normalized spacial score (nSPS) is 10.0. The highest BCUT2D eigenvalue weighted by atomic mass is 35.5. The zero-order chi connectivity index (χ0) is 12.4. The molecule has 0 fully saturated rings. The maximum Gasteiger partial charge on any atom is 0.222 e. The molecule has 0 aliphatic heterocycles. The first-order valence-electron chi connectivity index (χ1n) is 4.50. The molecule has 0 spiro atoms. The minimum Gasteiger partial charge on any atom is -0.225 e. The molecule has 0 atom stereocenters. The van der Waals surface area contributed by atoms with E-state index in [9.17, 15) is 4.39 Å². The Bertz CT molecular complexity index is 623. The number of halogens is 3. The smallest absolute Gasteiger partial charge is 0.222 e. The molecule has 0 radical (unpaired) electrons. The van der Waals surface area contributed by atoms with Crippen LogP contribution in [0.1, 0.15) is 5.56 Å². The van der Waals surface area contributed by atoms with Gasteiger partial charge in [0.15, 0.2) is 0 Å². The lowest BCUT2D eigenvalue weighted by Crippen LogP contribution is -1.91. The Hall–Kier alpha value is -1.70. The SMILES string of the molecule is N#Cc1ccc(-c2nc(Cl)ncc2Cl)cc1F. The lowest BCUT2D eigenvalue weighted by Gasteiger charge is -2.04. The summed E-state index contributed by atoms with van der Waals surface area (Å²) in [7, 11) is 0. The van der Waals surface area contributed by atoms with E-state index >= 15 is 0 Å². The zero-order valence-corrected chi connectivity index (χ0v) is 9.80. The summed E-state index contributed by atoms with van der Waals surface area (Å²) in [5.74, 6) is -0.629. The van der Waals surface area contributed by atoms with E-state index in [1.807, 2.05) is 0 Å².